The van der Waals surface area contributed by atoms with Crippen LogP contribution in [0.3, 0.4) is 0 Å². The molecule has 4 heterocycles. The summed E-state index contributed by atoms with van der Waals surface area (Å²) in [5.41, 5.74) is 2.91. The maximum absolute atomic E-state index is 13.3. The highest BCUT2D eigenvalue weighted by molar-refractivity contribution is 5.90. The minimum atomic E-state index is -1.82. The third-order valence-electron chi connectivity index (χ3n) is 6.44. The molecular formula is C24H24N2O5. The monoisotopic (exact) mass is 420 g/mol. The lowest BCUT2D eigenvalue weighted by Gasteiger charge is -2.31. The molecule has 2 aliphatic rings. The molecule has 2 aliphatic heterocycles. The van der Waals surface area contributed by atoms with Crippen molar-refractivity contribution in [2.24, 2.45) is 0 Å². The van der Waals surface area contributed by atoms with Gasteiger partial charge in [0.25, 0.3) is 5.56 Å². The molecule has 0 radical (unpaired) electrons. The summed E-state index contributed by atoms with van der Waals surface area (Å²) in [5.74, 6) is 0.0764. The number of benzene rings is 1. The van der Waals surface area contributed by atoms with Gasteiger partial charge in [0.1, 0.15) is 12.4 Å². The molecule has 5 rings (SSSR count). The molecule has 0 spiro atoms. The summed E-state index contributed by atoms with van der Waals surface area (Å²) in [6.45, 7) is 6.59. The fraction of sp³-hybridized carbons (Fsp3) is 0.375. The molecule has 0 saturated carbocycles. The van der Waals surface area contributed by atoms with Crippen LogP contribution in [0.5, 0.6) is 5.75 Å². The fourth-order valence-corrected chi connectivity index (χ4v) is 4.80. The molecule has 7 heteroatoms. The van der Waals surface area contributed by atoms with Crippen molar-refractivity contribution in [1.29, 1.82) is 0 Å². The average molecular weight is 420 g/mol. The Morgan fingerprint density at radius 3 is 2.71 bits per heavy atom. The Balaban J connectivity index is 1.78. The Morgan fingerprint density at radius 1 is 1.19 bits per heavy atom. The number of hydrogen-bond acceptors (Lipinski definition) is 6. The van der Waals surface area contributed by atoms with Crippen LogP contribution in [0.15, 0.2) is 29.1 Å². The minimum Gasteiger partial charge on any atom is -0.494 e. The fourth-order valence-electron chi connectivity index (χ4n) is 4.80. The molecular weight excluding hydrogens is 396 g/mol. The Kier molecular flexibility index (Phi) is 4.41. The van der Waals surface area contributed by atoms with Crippen LogP contribution in [0.2, 0.25) is 0 Å². The van der Waals surface area contributed by atoms with Crippen LogP contribution < -0.4 is 10.3 Å². The third kappa shape index (κ3) is 2.66. The molecule has 1 unspecified atom stereocenters. The van der Waals surface area contributed by atoms with Gasteiger partial charge in [-0.05, 0) is 49.6 Å². The van der Waals surface area contributed by atoms with Crippen LogP contribution in [0.4, 0.5) is 0 Å². The number of cyclic esters (lactones) is 1. The first-order valence-corrected chi connectivity index (χ1v) is 10.7. The molecule has 0 amide bonds. The second-order valence-corrected chi connectivity index (χ2v) is 7.99. The van der Waals surface area contributed by atoms with Gasteiger partial charge in [-0.1, -0.05) is 13.8 Å². The SMILES string of the molecule is CCOc1ccc2nc3c(c(CC)c2c1)Cn1c-3cc2c(c1=O)COC(=O)C2(O)CC. The number of hydrogen-bond donors (Lipinski definition) is 1. The van der Waals surface area contributed by atoms with Crippen LogP contribution in [0, 0.1) is 0 Å². The van der Waals surface area contributed by atoms with Crippen LogP contribution in [0.25, 0.3) is 22.3 Å². The van der Waals surface area contributed by atoms with E-state index >= 15 is 0 Å². The van der Waals surface area contributed by atoms with Crippen LogP contribution in [-0.4, -0.2) is 27.2 Å². The summed E-state index contributed by atoms with van der Waals surface area (Å²) in [6.07, 6.45) is 0.903. The van der Waals surface area contributed by atoms with E-state index in [-0.39, 0.29) is 18.6 Å². The first kappa shape index (κ1) is 19.8. The predicted molar refractivity (Wildman–Crippen MR) is 115 cm³/mol. The smallest absolute Gasteiger partial charge is 0.343 e. The molecule has 0 fully saturated rings. The number of aliphatic hydroxyl groups is 1. The van der Waals surface area contributed by atoms with E-state index in [1.54, 1.807) is 17.6 Å². The van der Waals surface area contributed by atoms with Gasteiger partial charge in [-0.15, -0.1) is 0 Å². The van der Waals surface area contributed by atoms with E-state index in [4.69, 9.17) is 14.5 Å². The van der Waals surface area contributed by atoms with E-state index in [2.05, 4.69) is 6.92 Å². The largest absolute Gasteiger partial charge is 0.494 e. The highest BCUT2D eigenvalue weighted by Crippen LogP contribution is 2.40. The van der Waals surface area contributed by atoms with Crippen LogP contribution in [0.1, 0.15) is 49.4 Å². The molecule has 0 bridgehead atoms. The predicted octanol–water partition coefficient (Wildman–Crippen LogP) is 3.04. The maximum Gasteiger partial charge on any atom is 0.343 e. The van der Waals surface area contributed by atoms with Crippen molar-refractivity contribution >= 4 is 16.9 Å². The van der Waals surface area contributed by atoms with Crippen molar-refractivity contribution in [2.45, 2.75) is 52.4 Å². The molecule has 3 aromatic rings. The van der Waals surface area contributed by atoms with Gasteiger partial charge in [0.2, 0.25) is 0 Å². The normalized spacial score (nSPS) is 19.0. The molecule has 1 aromatic carbocycles. The zero-order valence-electron chi connectivity index (χ0n) is 17.8. The Morgan fingerprint density at radius 2 is 2.00 bits per heavy atom. The number of aryl methyl sites for hydroxylation is 1. The summed E-state index contributed by atoms with van der Waals surface area (Å²) < 4.78 is 12.5. The summed E-state index contributed by atoms with van der Waals surface area (Å²) in [6, 6.07) is 7.58. The van der Waals surface area contributed by atoms with E-state index in [9.17, 15) is 14.7 Å². The highest BCUT2D eigenvalue weighted by atomic mass is 16.6. The van der Waals surface area contributed by atoms with Crippen molar-refractivity contribution in [3.63, 3.8) is 0 Å². The molecule has 0 aliphatic carbocycles. The second kappa shape index (κ2) is 6.92. The molecule has 160 valence electrons. The van der Waals surface area contributed by atoms with Gasteiger partial charge in [-0.25, -0.2) is 9.78 Å². The average Bonchev–Trinajstić information content (AvgIpc) is 3.14. The van der Waals surface area contributed by atoms with Gasteiger partial charge >= 0.3 is 5.97 Å². The van der Waals surface area contributed by atoms with Crippen LogP contribution >= 0.6 is 0 Å². The first-order chi connectivity index (χ1) is 14.9. The number of rotatable bonds is 4. The molecule has 1 N–H and O–H groups in total. The van der Waals surface area contributed by atoms with E-state index in [1.807, 2.05) is 25.1 Å². The minimum absolute atomic E-state index is 0.125. The van der Waals surface area contributed by atoms with Crippen molar-refractivity contribution in [3.05, 3.63) is 56.9 Å². The second-order valence-electron chi connectivity index (χ2n) is 7.99. The summed E-state index contributed by atoms with van der Waals surface area (Å²) in [4.78, 5) is 30.5. The third-order valence-corrected chi connectivity index (χ3v) is 6.44. The summed E-state index contributed by atoms with van der Waals surface area (Å²) in [7, 11) is 0. The van der Waals surface area contributed by atoms with E-state index in [1.165, 1.54) is 0 Å². The number of carbonyl (C=O) groups excluding carboxylic acids is 1. The van der Waals surface area contributed by atoms with Gasteiger partial charge in [0, 0.05) is 16.5 Å². The van der Waals surface area contributed by atoms with Gasteiger partial charge in [-0.2, -0.15) is 0 Å². The number of ether oxygens (including phenoxy) is 2. The van der Waals surface area contributed by atoms with Gasteiger partial charge < -0.3 is 19.1 Å². The highest BCUT2D eigenvalue weighted by Gasteiger charge is 2.45. The number of nitrogens with zero attached hydrogens (tertiary/aromatic N) is 2. The summed E-state index contributed by atoms with van der Waals surface area (Å²) in [5, 5.41) is 12.0. The lowest BCUT2D eigenvalue weighted by molar-refractivity contribution is -0.172. The molecule has 31 heavy (non-hydrogen) atoms. The number of pyridine rings is 2. The topological polar surface area (TPSA) is 90.7 Å². The number of fused-ring (bicyclic) bond motifs is 5. The van der Waals surface area contributed by atoms with Gasteiger partial charge in [0.15, 0.2) is 5.60 Å². The molecule has 7 nitrogen and oxygen atoms in total. The van der Waals surface area contributed by atoms with Gasteiger partial charge in [-0.3, -0.25) is 4.79 Å². The first-order valence-electron chi connectivity index (χ1n) is 10.7. The van der Waals surface area contributed by atoms with Crippen LogP contribution in [-0.2, 0) is 34.7 Å². The van der Waals surface area contributed by atoms with E-state index in [0.717, 1.165) is 39.9 Å². The number of esters is 1. The van der Waals surface area contributed by atoms with Crippen molar-refractivity contribution < 1.29 is 19.4 Å². The molecule has 2 aromatic heterocycles. The van der Waals surface area contributed by atoms with Crippen molar-refractivity contribution in [2.75, 3.05) is 6.61 Å². The lowest BCUT2D eigenvalue weighted by atomic mass is 9.86. The zero-order chi connectivity index (χ0) is 21.9. The summed E-state index contributed by atoms with van der Waals surface area (Å²) >= 11 is 0. The quantitative estimate of drug-likeness (QED) is 0.511. The van der Waals surface area contributed by atoms with Crippen molar-refractivity contribution in [1.82, 2.24) is 9.55 Å². The Labute approximate surface area is 179 Å². The Hall–Kier alpha value is -3.19. The Bertz CT molecular complexity index is 1310. The molecule has 0 saturated heterocycles. The maximum atomic E-state index is 13.3. The lowest BCUT2D eigenvalue weighted by Crippen LogP contribution is -2.44. The number of carbonyl (C=O) groups is 1. The van der Waals surface area contributed by atoms with Crippen molar-refractivity contribution in [3.8, 4) is 17.1 Å². The van der Waals surface area contributed by atoms with E-state index in [0.29, 0.717) is 30.0 Å². The zero-order valence-corrected chi connectivity index (χ0v) is 17.8. The molecule has 1 atom stereocenters. The van der Waals surface area contributed by atoms with Gasteiger partial charge in [0.05, 0.1) is 35.6 Å². The van der Waals surface area contributed by atoms with E-state index < -0.39 is 11.6 Å². The number of aromatic nitrogens is 2. The standard InChI is InChI=1S/C24H24N2O5/c1-4-14-15-9-13(30-6-3)7-8-19(15)25-21-16(14)11-26-20(21)10-18-17(22(26)27)12-31-23(28)24(18,29)5-2/h7-10,29H,4-6,11-12H2,1-3H3.